The predicted molar refractivity (Wildman–Crippen MR) is 107 cm³/mol. The number of aliphatic imine (C=N–C) groups is 1. The van der Waals surface area contributed by atoms with Crippen molar-refractivity contribution in [3.8, 4) is 0 Å². The van der Waals surface area contributed by atoms with Crippen molar-refractivity contribution in [2.45, 2.75) is 37.9 Å². The van der Waals surface area contributed by atoms with Gasteiger partial charge in [0.25, 0.3) is 0 Å². The average Bonchev–Trinajstić information content (AvgIpc) is 2.94. The predicted octanol–water partition coefficient (Wildman–Crippen LogP) is 4.82. The van der Waals surface area contributed by atoms with Crippen molar-refractivity contribution in [3.05, 3.63) is 59.6 Å². The Morgan fingerprint density at radius 1 is 1.04 bits per heavy atom. The molecule has 2 aromatic carbocycles. The van der Waals surface area contributed by atoms with E-state index in [0.29, 0.717) is 6.61 Å². The number of para-hydroxylation sites is 2. The van der Waals surface area contributed by atoms with E-state index in [1.54, 1.807) is 11.3 Å². The van der Waals surface area contributed by atoms with Gasteiger partial charge in [-0.15, -0.1) is 11.3 Å². The summed E-state index contributed by atoms with van der Waals surface area (Å²) in [5.74, 6) is 0.829. The largest absolute Gasteiger partial charge is 0.477 e. The lowest BCUT2D eigenvalue weighted by atomic mass is 10.1. The van der Waals surface area contributed by atoms with Gasteiger partial charge in [0, 0.05) is 5.69 Å². The lowest BCUT2D eigenvalue weighted by molar-refractivity contribution is 0.270. The van der Waals surface area contributed by atoms with E-state index in [1.807, 2.05) is 12.1 Å². The molecule has 0 bridgehead atoms. The Bertz CT molecular complexity index is 977. The van der Waals surface area contributed by atoms with E-state index in [4.69, 9.17) is 14.7 Å². The van der Waals surface area contributed by atoms with Crippen LogP contribution in [0, 0.1) is 0 Å². The molecular formula is C21H21N3OS. The molecule has 3 heterocycles. The van der Waals surface area contributed by atoms with Crippen LogP contribution in [-0.2, 0) is 4.74 Å². The molecule has 0 aliphatic carbocycles. The Kier molecular flexibility index (Phi) is 3.23. The number of ether oxygens (including phenoxy) is 1. The summed E-state index contributed by atoms with van der Waals surface area (Å²) in [6.45, 7) is 7.08. The molecule has 2 atom stereocenters. The third kappa shape index (κ3) is 2.27. The van der Waals surface area contributed by atoms with Gasteiger partial charge < -0.3 is 9.64 Å². The van der Waals surface area contributed by atoms with Crippen LogP contribution in [0.1, 0.15) is 31.8 Å². The van der Waals surface area contributed by atoms with Gasteiger partial charge in [-0.25, -0.2) is 9.98 Å². The molecule has 1 aromatic heterocycles. The van der Waals surface area contributed by atoms with Gasteiger partial charge in [-0.05, 0) is 45.0 Å². The zero-order valence-electron chi connectivity index (χ0n) is 15.1. The quantitative estimate of drug-likeness (QED) is 0.626. The van der Waals surface area contributed by atoms with Crippen molar-refractivity contribution < 1.29 is 4.74 Å². The fourth-order valence-electron chi connectivity index (χ4n) is 3.82. The van der Waals surface area contributed by atoms with Crippen molar-refractivity contribution in [3.63, 3.8) is 0 Å². The number of anilines is 1. The number of hydrogen-bond acceptors (Lipinski definition) is 5. The van der Waals surface area contributed by atoms with Crippen LogP contribution in [0.2, 0.25) is 0 Å². The molecule has 5 rings (SSSR count). The maximum absolute atomic E-state index is 6.06. The van der Waals surface area contributed by atoms with E-state index in [0.717, 1.165) is 16.4 Å². The second-order valence-electron chi connectivity index (χ2n) is 7.79. The summed E-state index contributed by atoms with van der Waals surface area (Å²) in [5, 5.41) is 1.12. The fourth-order valence-corrected chi connectivity index (χ4v) is 5.00. The monoisotopic (exact) mass is 363 g/mol. The van der Waals surface area contributed by atoms with E-state index >= 15 is 0 Å². The van der Waals surface area contributed by atoms with E-state index < -0.39 is 0 Å². The summed E-state index contributed by atoms with van der Waals surface area (Å²) in [4.78, 5) is 12.2. The molecule has 1 saturated heterocycles. The molecule has 3 aromatic rings. The number of aromatic nitrogens is 1. The Balaban J connectivity index is 1.62. The first-order valence-electron chi connectivity index (χ1n) is 8.92. The van der Waals surface area contributed by atoms with E-state index in [2.05, 4.69) is 68.1 Å². The summed E-state index contributed by atoms with van der Waals surface area (Å²) >= 11 is 1.76. The van der Waals surface area contributed by atoms with Crippen molar-refractivity contribution in [2.75, 3.05) is 11.5 Å². The topological polar surface area (TPSA) is 37.5 Å². The Hall–Kier alpha value is -2.40. The first kappa shape index (κ1) is 15.8. The molecule has 4 nitrogen and oxygen atoms in total. The van der Waals surface area contributed by atoms with Crippen molar-refractivity contribution in [1.82, 2.24) is 4.98 Å². The third-order valence-electron chi connectivity index (χ3n) is 5.20. The van der Waals surface area contributed by atoms with Gasteiger partial charge in [-0.1, -0.05) is 30.3 Å². The Morgan fingerprint density at radius 2 is 1.77 bits per heavy atom. The first-order valence-corrected chi connectivity index (χ1v) is 9.74. The van der Waals surface area contributed by atoms with Crippen LogP contribution in [0.15, 0.2) is 59.6 Å². The van der Waals surface area contributed by atoms with Gasteiger partial charge in [0.1, 0.15) is 23.2 Å². The average molecular weight is 363 g/mol. The van der Waals surface area contributed by atoms with Crippen LogP contribution >= 0.6 is 11.3 Å². The summed E-state index contributed by atoms with van der Waals surface area (Å²) in [6.07, 6.45) is 0. The minimum Gasteiger partial charge on any atom is -0.477 e. The van der Waals surface area contributed by atoms with Gasteiger partial charge in [-0.3, -0.25) is 0 Å². The Morgan fingerprint density at radius 3 is 2.46 bits per heavy atom. The van der Waals surface area contributed by atoms with Gasteiger partial charge in [-0.2, -0.15) is 0 Å². The summed E-state index contributed by atoms with van der Waals surface area (Å²) in [5.41, 5.74) is 1.78. The van der Waals surface area contributed by atoms with Gasteiger partial charge >= 0.3 is 0 Å². The molecule has 2 aliphatic heterocycles. The lowest BCUT2D eigenvalue weighted by Crippen LogP contribution is -2.26. The fraction of sp³-hybridized carbons (Fsp3) is 0.333. The van der Waals surface area contributed by atoms with E-state index in [1.165, 1.54) is 10.4 Å². The molecule has 1 fully saturated rings. The molecule has 5 heteroatoms. The summed E-state index contributed by atoms with van der Waals surface area (Å²) in [7, 11) is 0. The van der Waals surface area contributed by atoms with Crippen molar-refractivity contribution in [2.24, 2.45) is 4.99 Å². The zero-order chi connectivity index (χ0) is 17.9. The number of hydrogen-bond donors (Lipinski definition) is 0. The second-order valence-corrected chi connectivity index (χ2v) is 8.86. The Labute approximate surface area is 157 Å². The van der Waals surface area contributed by atoms with E-state index in [9.17, 15) is 0 Å². The zero-order valence-corrected chi connectivity index (χ0v) is 16.0. The molecule has 0 amide bonds. The molecule has 26 heavy (non-hydrogen) atoms. The number of rotatable bonds is 3. The molecule has 132 valence electrons. The van der Waals surface area contributed by atoms with Crippen LogP contribution in [0.3, 0.4) is 0 Å². The van der Waals surface area contributed by atoms with E-state index in [-0.39, 0.29) is 17.1 Å². The van der Waals surface area contributed by atoms with Crippen molar-refractivity contribution >= 4 is 33.1 Å². The van der Waals surface area contributed by atoms with Crippen LogP contribution in [0.5, 0.6) is 0 Å². The number of thiazole rings is 1. The van der Waals surface area contributed by atoms with Crippen molar-refractivity contribution in [1.29, 1.82) is 0 Å². The van der Waals surface area contributed by atoms with Crippen LogP contribution in [0.25, 0.3) is 10.2 Å². The van der Waals surface area contributed by atoms with Crippen LogP contribution < -0.4 is 4.90 Å². The standard InChI is InChI=1S/C21H21N3OS/c1-20(2)13-25-19(23-20)21(3)17(24(21)14-9-5-4-6-10-14)18-22-15-11-7-8-12-16(15)26-18/h4-12,17H,13H2,1-3H3/t17-,21-,24?/m1/s1. The summed E-state index contributed by atoms with van der Waals surface area (Å²) < 4.78 is 7.28. The maximum Gasteiger partial charge on any atom is 0.213 e. The van der Waals surface area contributed by atoms with Crippen LogP contribution in [0.4, 0.5) is 5.69 Å². The normalized spacial score (nSPS) is 26.7. The smallest absolute Gasteiger partial charge is 0.213 e. The second kappa shape index (κ2) is 5.30. The SMILES string of the molecule is CC1(C)COC([C@@]2(C)[C@@H](c3nc4ccccc4s3)N2c2ccccc2)=N1. The molecular weight excluding hydrogens is 342 g/mol. The maximum atomic E-state index is 6.06. The lowest BCUT2D eigenvalue weighted by Gasteiger charge is -2.12. The summed E-state index contributed by atoms with van der Waals surface area (Å²) in [6, 6.07) is 19.0. The minimum absolute atomic E-state index is 0.148. The number of fused-ring (bicyclic) bond motifs is 1. The molecule has 0 saturated carbocycles. The highest BCUT2D eigenvalue weighted by molar-refractivity contribution is 7.18. The number of benzene rings is 2. The van der Waals surface area contributed by atoms with Gasteiger partial charge in [0.05, 0.1) is 15.8 Å². The molecule has 0 N–H and O–H groups in total. The highest BCUT2D eigenvalue weighted by Crippen LogP contribution is 2.58. The first-order chi connectivity index (χ1) is 12.5. The molecule has 0 unspecified atom stereocenters. The van der Waals surface area contributed by atoms with Crippen LogP contribution in [-0.4, -0.2) is 28.6 Å². The van der Waals surface area contributed by atoms with Gasteiger partial charge in [0.15, 0.2) is 0 Å². The third-order valence-corrected chi connectivity index (χ3v) is 6.29. The molecule has 2 aliphatic rings. The highest BCUT2D eigenvalue weighted by atomic mass is 32.1. The van der Waals surface area contributed by atoms with Gasteiger partial charge in [0.2, 0.25) is 5.90 Å². The number of nitrogens with zero attached hydrogens (tertiary/aromatic N) is 3. The highest BCUT2D eigenvalue weighted by Gasteiger charge is 2.67. The molecule has 0 spiro atoms. The minimum atomic E-state index is -0.289. The molecule has 0 radical (unpaired) electrons.